The van der Waals surface area contributed by atoms with E-state index in [1.165, 1.54) is 80.7 Å². The van der Waals surface area contributed by atoms with Gasteiger partial charge < -0.3 is 50.9 Å². The van der Waals surface area contributed by atoms with E-state index in [1.54, 1.807) is 20.8 Å². The Hall–Kier alpha value is -5.07. The van der Waals surface area contributed by atoms with Gasteiger partial charge in [-0.2, -0.15) is 0 Å². The standard InChI is InChI=1S/C53H97N9O10/c1-22-24-25-35(13)29-40(47(65)57-38(23-2)53(71)72-21)59(17)52(70)44(34(11)12)62(20)50(68)42(28-32(7)8)61(19)49(67)41(27-31(5)6)60(18)48(66)37(15)56-45(63)36(14)55-46(64)39(26-30(3)4)58(16)51(69)43(54)33(9)10/h22,24,30-44H,23,25-29,54H2,1-21H3,(H,55,64)(H,56,63)(H,57,65)/b24-22+/t35-,36+,37-,38+,39+,40+,41+,42+,43?,44?/m1/s1. The molecule has 0 aromatic carbocycles. The molecule has 0 saturated heterocycles. The van der Waals surface area contributed by atoms with Gasteiger partial charge >= 0.3 is 5.97 Å². The van der Waals surface area contributed by atoms with Gasteiger partial charge in [-0.25, -0.2) is 4.79 Å². The van der Waals surface area contributed by atoms with Crippen molar-refractivity contribution in [2.24, 2.45) is 41.2 Å². The maximum Gasteiger partial charge on any atom is 0.328 e. The van der Waals surface area contributed by atoms with Crippen molar-refractivity contribution < 1.29 is 47.9 Å². The van der Waals surface area contributed by atoms with Crippen LogP contribution in [0.2, 0.25) is 0 Å². The number of hydrogen-bond acceptors (Lipinski definition) is 11. The van der Waals surface area contributed by atoms with E-state index < -0.39 is 114 Å². The lowest BCUT2D eigenvalue weighted by atomic mass is 9.93. The highest BCUT2D eigenvalue weighted by Gasteiger charge is 2.43. The number of carbonyl (C=O) groups is 9. The molecule has 414 valence electrons. The molecule has 0 fully saturated rings. The van der Waals surface area contributed by atoms with Gasteiger partial charge in [0.25, 0.3) is 0 Å². The van der Waals surface area contributed by atoms with Crippen molar-refractivity contribution in [3.8, 4) is 0 Å². The summed E-state index contributed by atoms with van der Waals surface area (Å²) in [7, 11) is 8.75. The van der Waals surface area contributed by atoms with Gasteiger partial charge in [0.2, 0.25) is 47.3 Å². The summed E-state index contributed by atoms with van der Waals surface area (Å²) in [4.78, 5) is 132. The van der Waals surface area contributed by atoms with Crippen molar-refractivity contribution >= 4 is 53.2 Å². The second kappa shape index (κ2) is 31.5. The normalized spacial score (nSPS) is 15.9. The Balaban J connectivity index is 6.77. The Morgan fingerprint density at radius 2 is 0.903 bits per heavy atom. The first kappa shape index (κ1) is 66.9. The molecule has 0 aliphatic rings. The van der Waals surface area contributed by atoms with E-state index in [1.807, 2.05) is 81.4 Å². The zero-order valence-electron chi connectivity index (χ0n) is 48.0. The van der Waals surface area contributed by atoms with Crippen molar-refractivity contribution in [2.75, 3.05) is 42.3 Å². The van der Waals surface area contributed by atoms with Crippen LogP contribution in [0, 0.1) is 35.5 Å². The van der Waals surface area contributed by atoms with E-state index in [0.29, 0.717) is 12.8 Å². The third kappa shape index (κ3) is 20.1. The molecule has 19 heteroatoms. The largest absolute Gasteiger partial charge is 0.467 e. The minimum absolute atomic E-state index is 0.0272. The molecule has 0 rings (SSSR count). The molecule has 0 spiro atoms. The van der Waals surface area contributed by atoms with Crippen LogP contribution in [0.5, 0.6) is 0 Å². The van der Waals surface area contributed by atoms with Gasteiger partial charge in [0, 0.05) is 35.2 Å². The molecule has 0 aliphatic carbocycles. The molecular weight excluding hydrogens is 923 g/mol. The fourth-order valence-corrected chi connectivity index (χ4v) is 8.58. The number of amides is 8. The lowest BCUT2D eigenvalue weighted by Crippen LogP contribution is -2.61. The second-order valence-electron chi connectivity index (χ2n) is 21.8. The van der Waals surface area contributed by atoms with E-state index in [9.17, 15) is 43.2 Å². The maximum absolute atomic E-state index is 14.9. The first-order valence-electron chi connectivity index (χ1n) is 25.9. The van der Waals surface area contributed by atoms with Crippen molar-refractivity contribution in [1.82, 2.24) is 40.4 Å². The van der Waals surface area contributed by atoms with Crippen LogP contribution >= 0.6 is 0 Å². The summed E-state index contributed by atoms with van der Waals surface area (Å²) in [5, 5.41) is 8.12. The number of likely N-dealkylation sites (N-methyl/N-ethyl adjacent to an activating group) is 5. The Kier molecular flexibility index (Phi) is 29.3. The summed E-state index contributed by atoms with van der Waals surface area (Å²) in [6, 6.07) is -9.10. The molecule has 0 aromatic heterocycles. The summed E-state index contributed by atoms with van der Waals surface area (Å²) >= 11 is 0. The maximum atomic E-state index is 14.9. The van der Waals surface area contributed by atoms with Crippen LogP contribution in [0.15, 0.2) is 12.2 Å². The zero-order valence-corrected chi connectivity index (χ0v) is 48.0. The van der Waals surface area contributed by atoms with E-state index in [-0.39, 0.29) is 55.3 Å². The summed E-state index contributed by atoms with van der Waals surface area (Å²) in [5.74, 6) is -5.67. The fourth-order valence-electron chi connectivity index (χ4n) is 8.58. The van der Waals surface area contributed by atoms with Gasteiger partial charge in [-0.15, -0.1) is 0 Å². The lowest BCUT2D eigenvalue weighted by molar-refractivity contribution is -0.156. The van der Waals surface area contributed by atoms with E-state index in [0.717, 1.165) is 0 Å². The molecule has 72 heavy (non-hydrogen) atoms. The SMILES string of the molecule is C/C=C/C[C@@H](C)C[C@@H](C(=O)N[C@@H](CC)C(=O)OC)N(C)C(=O)C(C(C)C)N(C)C(=O)[C@H](CC(C)C)N(C)C(=O)[C@H](CC(C)C)N(C)C(=O)[C@@H](C)NC(=O)[C@H](C)NC(=O)[C@H](CC(C)C)N(C)C(=O)C(N)C(C)C. The van der Waals surface area contributed by atoms with Gasteiger partial charge in [-0.1, -0.05) is 95.2 Å². The predicted octanol–water partition coefficient (Wildman–Crippen LogP) is 3.97. The van der Waals surface area contributed by atoms with Crippen molar-refractivity contribution in [3.05, 3.63) is 12.2 Å². The number of allylic oxidation sites excluding steroid dienone is 2. The number of hydrogen-bond donors (Lipinski definition) is 4. The zero-order chi connectivity index (χ0) is 56.2. The number of ether oxygens (including phenoxy) is 1. The summed E-state index contributed by atoms with van der Waals surface area (Å²) in [6.07, 6.45) is 5.80. The Bertz CT molecular complexity index is 1840. The van der Waals surface area contributed by atoms with E-state index >= 15 is 0 Å². The van der Waals surface area contributed by atoms with Crippen molar-refractivity contribution in [2.45, 2.75) is 197 Å². The molecule has 0 aromatic rings. The van der Waals surface area contributed by atoms with Crippen LogP contribution in [-0.2, 0) is 47.9 Å². The minimum Gasteiger partial charge on any atom is -0.467 e. The monoisotopic (exact) mass is 1020 g/mol. The van der Waals surface area contributed by atoms with Crippen LogP contribution in [0.3, 0.4) is 0 Å². The number of nitrogens with zero attached hydrogens (tertiary/aromatic N) is 5. The topological polar surface area (TPSA) is 241 Å². The number of methoxy groups -OCH3 is 1. The first-order chi connectivity index (χ1) is 33.2. The molecule has 2 unspecified atom stereocenters. The predicted molar refractivity (Wildman–Crippen MR) is 281 cm³/mol. The fraction of sp³-hybridized carbons (Fsp3) is 0.792. The number of carbonyl (C=O) groups excluding carboxylic acids is 9. The van der Waals surface area contributed by atoms with Gasteiger partial charge in [0.1, 0.15) is 48.3 Å². The van der Waals surface area contributed by atoms with E-state index in [2.05, 4.69) is 16.0 Å². The number of nitrogens with one attached hydrogen (secondary N) is 3. The van der Waals surface area contributed by atoms with E-state index in [4.69, 9.17) is 10.5 Å². The van der Waals surface area contributed by atoms with Gasteiger partial charge in [0.05, 0.1) is 13.2 Å². The Morgan fingerprint density at radius 1 is 0.500 bits per heavy atom. The molecule has 0 heterocycles. The molecule has 0 aliphatic heterocycles. The quantitative estimate of drug-likeness (QED) is 0.0593. The molecular formula is C53H97N9O10. The van der Waals surface area contributed by atoms with Crippen molar-refractivity contribution in [3.63, 3.8) is 0 Å². The molecule has 0 bridgehead atoms. The lowest BCUT2D eigenvalue weighted by Gasteiger charge is -2.41. The Morgan fingerprint density at radius 3 is 1.33 bits per heavy atom. The molecule has 8 amide bonds. The first-order valence-corrected chi connectivity index (χ1v) is 25.9. The number of rotatable bonds is 30. The van der Waals surface area contributed by atoms with Crippen LogP contribution in [0.1, 0.15) is 142 Å². The smallest absolute Gasteiger partial charge is 0.328 e. The van der Waals surface area contributed by atoms with Crippen LogP contribution < -0.4 is 21.7 Å². The molecule has 10 atom stereocenters. The third-order valence-corrected chi connectivity index (χ3v) is 13.3. The minimum atomic E-state index is -1.14. The van der Waals surface area contributed by atoms with Crippen molar-refractivity contribution in [1.29, 1.82) is 0 Å². The molecule has 19 nitrogen and oxygen atoms in total. The third-order valence-electron chi connectivity index (χ3n) is 13.3. The van der Waals surface area contributed by atoms with Crippen LogP contribution in [0.4, 0.5) is 0 Å². The number of nitrogens with two attached hydrogens (primary N) is 1. The van der Waals surface area contributed by atoms with Crippen LogP contribution in [-0.4, -0.2) is 174 Å². The van der Waals surface area contributed by atoms with Gasteiger partial charge in [0.15, 0.2) is 0 Å². The van der Waals surface area contributed by atoms with Crippen LogP contribution in [0.25, 0.3) is 0 Å². The highest BCUT2D eigenvalue weighted by atomic mass is 16.5. The highest BCUT2D eigenvalue weighted by molar-refractivity contribution is 5.98. The summed E-state index contributed by atoms with van der Waals surface area (Å²) in [5.41, 5.74) is 6.13. The summed E-state index contributed by atoms with van der Waals surface area (Å²) < 4.78 is 4.90. The average molecular weight is 1020 g/mol. The number of esters is 1. The molecule has 5 N–H and O–H groups in total. The molecule has 0 radical (unpaired) electrons. The van der Waals surface area contributed by atoms with Gasteiger partial charge in [-0.3, -0.25) is 38.4 Å². The Labute approximate surface area is 432 Å². The molecule has 0 saturated carbocycles. The average Bonchev–Trinajstić information content (AvgIpc) is 3.31. The van der Waals surface area contributed by atoms with Gasteiger partial charge in [-0.05, 0) is 94.8 Å². The highest BCUT2D eigenvalue weighted by Crippen LogP contribution is 2.24. The second-order valence-corrected chi connectivity index (χ2v) is 21.8. The summed E-state index contributed by atoms with van der Waals surface area (Å²) in [6.45, 7) is 27.2.